The van der Waals surface area contributed by atoms with Gasteiger partial charge in [-0.2, -0.15) is 0 Å². The zero-order valence-corrected chi connectivity index (χ0v) is 15.1. The fourth-order valence-electron chi connectivity index (χ4n) is 2.10. The van der Waals surface area contributed by atoms with Crippen LogP contribution in [0.2, 0.25) is 0 Å². The minimum atomic E-state index is -0.348. The van der Waals surface area contributed by atoms with Gasteiger partial charge < -0.3 is 0 Å². The average molecular weight is 360 g/mol. The number of carbonyl (C=O) groups is 2. The molecule has 0 aromatic heterocycles. The fourth-order valence-corrected chi connectivity index (χ4v) is 3.05. The number of hydrogen-bond donors (Lipinski definition) is 2. The molecule has 0 spiro atoms. The molecule has 2 aromatic rings. The standard InChI is InChI=1S/C19H21FN2O2S/c1-13-3-8-17(11-14(13)2)25-10-9-18(23)21-22-19(24)12-15-4-6-16(20)7-5-15/h3-8,11H,9-10,12H2,1-2H3,(H,21,23)(H,22,24). The number of benzene rings is 2. The van der Waals surface area contributed by atoms with Crippen molar-refractivity contribution in [3.63, 3.8) is 0 Å². The van der Waals surface area contributed by atoms with Crippen LogP contribution < -0.4 is 10.9 Å². The van der Waals surface area contributed by atoms with E-state index in [1.54, 1.807) is 11.8 Å². The van der Waals surface area contributed by atoms with Crippen LogP contribution in [-0.4, -0.2) is 17.6 Å². The zero-order chi connectivity index (χ0) is 18.2. The van der Waals surface area contributed by atoms with E-state index in [-0.39, 0.29) is 24.1 Å². The van der Waals surface area contributed by atoms with Gasteiger partial charge in [0.2, 0.25) is 11.8 Å². The van der Waals surface area contributed by atoms with E-state index < -0.39 is 0 Å². The van der Waals surface area contributed by atoms with E-state index in [0.29, 0.717) is 17.7 Å². The Hall–Kier alpha value is -2.34. The van der Waals surface area contributed by atoms with E-state index in [1.807, 2.05) is 6.07 Å². The first-order valence-electron chi connectivity index (χ1n) is 7.96. The van der Waals surface area contributed by atoms with Crippen LogP contribution in [0.4, 0.5) is 4.39 Å². The van der Waals surface area contributed by atoms with Gasteiger partial charge in [-0.15, -0.1) is 11.8 Å². The van der Waals surface area contributed by atoms with Crippen LogP contribution in [0.15, 0.2) is 47.4 Å². The fraction of sp³-hybridized carbons (Fsp3) is 0.263. The third-order valence-electron chi connectivity index (χ3n) is 3.70. The first-order valence-corrected chi connectivity index (χ1v) is 8.95. The Morgan fingerprint density at radius 3 is 2.32 bits per heavy atom. The van der Waals surface area contributed by atoms with Crippen molar-refractivity contribution in [1.29, 1.82) is 0 Å². The summed E-state index contributed by atoms with van der Waals surface area (Å²) in [5, 5.41) is 0. The molecule has 0 saturated heterocycles. The molecule has 4 nitrogen and oxygen atoms in total. The Kier molecular flexibility index (Phi) is 7.01. The average Bonchev–Trinajstić information content (AvgIpc) is 2.58. The molecule has 2 N–H and O–H groups in total. The molecule has 0 heterocycles. The highest BCUT2D eigenvalue weighted by Crippen LogP contribution is 2.21. The van der Waals surface area contributed by atoms with Gasteiger partial charge in [0.25, 0.3) is 0 Å². The third-order valence-corrected chi connectivity index (χ3v) is 4.69. The van der Waals surface area contributed by atoms with Crippen LogP contribution in [-0.2, 0) is 16.0 Å². The van der Waals surface area contributed by atoms with Gasteiger partial charge in [-0.25, -0.2) is 4.39 Å². The van der Waals surface area contributed by atoms with Crippen molar-refractivity contribution in [2.75, 3.05) is 5.75 Å². The molecule has 0 fully saturated rings. The van der Waals surface area contributed by atoms with Crippen LogP contribution >= 0.6 is 11.8 Å². The molecule has 0 bridgehead atoms. The van der Waals surface area contributed by atoms with Crippen molar-refractivity contribution in [3.8, 4) is 0 Å². The number of amides is 2. The molecule has 132 valence electrons. The lowest BCUT2D eigenvalue weighted by molar-refractivity contribution is -0.128. The van der Waals surface area contributed by atoms with Crippen LogP contribution in [0.25, 0.3) is 0 Å². The van der Waals surface area contributed by atoms with Crippen LogP contribution in [0, 0.1) is 19.7 Å². The summed E-state index contributed by atoms with van der Waals surface area (Å²) in [5.74, 6) is -0.313. The van der Waals surface area contributed by atoms with Gasteiger partial charge in [-0.1, -0.05) is 18.2 Å². The number of hydrazine groups is 1. The van der Waals surface area contributed by atoms with Crippen molar-refractivity contribution in [2.45, 2.75) is 31.6 Å². The van der Waals surface area contributed by atoms with Crippen LogP contribution in [0.1, 0.15) is 23.1 Å². The van der Waals surface area contributed by atoms with Crippen molar-refractivity contribution in [3.05, 3.63) is 65.0 Å². The highest BCUT2D eigenvalue weighted by atomic mass is 32.2. The van der Waals surface area contributed by atoms with Gasteiger partial charge in [0.1, 0.15) is 5.82 Å². The second-order valence-electron chi connectivity index (χ2n) is 5.74. The predicted octanol–water partition coefficient (Wildman–Crippen LogP) is 3.31. The second-order valence-corrected chi connectivity index (χ2v) is 6.91. The highest BCUT2D eigenvalue weighted by Gasteiger charge is 2.07. The molecule has 0 radical (unpaired) electrons. The maximum atomic E-state index is 12.8. The number of thioether (sulfide) groups is 1. The molecule has 2 aromatic carbocycles. The van der Waals surface area contributed by atoms with Crippen molar-refractivity contribution < 1.29 is 14.0 Å². The topological polar surface area (TPSA) is 58.2 Å². The minimum absolute atomic E-state index is 0.0813. The number of nitrogens with one attached hydrogen (secondary N) is 2. The van der Waals surface area contributed by atoms with Gasteiger partial charge in [0, 0.05) is 17.1 Å². The molecule has 25 heavy (non-hydrogen) atoms. The molecule has 0 unspecified atom stereocenters. The van der Waals surface area contributed by atoms with Gasteiger partial charge in [-0.3, -0.25) is 20.4 Å². The molecule has 6 heteroatoms. The lowest BCUT2D eigenvalue weighted by Gasteiger charge is -2.08. The van der Waals surface area contributed by atoms with E-state index in [4.69, 9.17) is 0 Å². The molecule has 0 aliphatic heterocycles. The maximum Gasteiger partial charge on any atom is 0.242 e. The third kappa shape index (κ3) is 6.58. The predicted molar refractivity (Wildman–Crippen MR) is 97.6 cm³/mol. The molecule has 0 aliphatic carbocycles. The maximum absolute atomic E-state index is 12.8. The summed E-state index contributed by atoms with van der Waals surface area (Å²) in [7, 11) is 0. The van der Waals surface area contributed by atoms with Gasteiger partial charge in [-0.05, 0) is 54.8 Å². The van der Waals surface area contributed by atoms with Crippen LogP contribution in [0.5, 0.6) is 0 Å². The Balaban J connectivity index is 1.67. The number of hydrogen-bond acceptors (Lipinski definition) is 3. The number of carbonyl (C=O) groups excluding carboxylic acids is 2. The summed E-state index contributed by atoms with van der Waals surface area (Å²) < 4.78 is 12.8. The number of rotatable bonds is 6. The molecular formula is C19H21FN2O2S. The van der Waals surface area contributed by atoms with E-state index in [0.717, 1.165) is 4.90 Å². The second kappa shape index (κ2) is 9.22. The molecule has 2 amide bonds. The quantitative estimate of drug-likeness (QED) is 0.614. The van der Waals surface area contributed by atoms with Crippen LogP contribution in [0.3, 0.4) is 0 Å². The first kappa shape index (κ1) is 19.0. The number of halogens is 1. The first-order chi connectivity index (χ1) is 11.9. The van der Waals surface area contributed by atoms with E-state index in [9.17, 15) is 14.0 Å². The van der Waals surface area contributed by atoms with Gasteiger partial charge >= 0.3 is 0 Å². The summed E-state index contributed by atoms with van der Waals surface area (Å²) in [5.41, 5.74) is 7.91. The van der Waals surface area contributed by atoms with E-state index in [2.05, 4.69) is 36.8 Å². The SMILES string of the molecule is Cc1ccc(SCCC(=O)NNC(=O)Cc2ccc(F)cc2)cc1C. The highest BCUT2D eigenvalue weighted by molar-refractivity contribution is 7.99. The molecule has 0 atom stereocenters. The summed E-state index contributed by atoms with van der Waals surface area (Å²) in [6.07, 6.45) is 0.381. The molecule has 0 aliphatic rings. The van der Waals surface area contributed by atoms with Gasteiger partial charge in [0.05, 0.1) is 6.42 Å². The molecule has 0 saturated carbocycles. The largest absolute Gasteiger partial charge is 0.273 e. The molecular weight excluding hydrogens is 339 g/mol. The van der Waals surface area contributed by atoms with E-state index in [1.165, 1.54) is 35.4 Å². The minimum Gasteiger partial charge on any atom is -0.273 e. The summed E-state index contributed by atoms with van der Waals surface area (Å²) in [6.45, 7) is 4.12. The number of aryl methyl sites for hydroxylation is 2. The zero-order valence-electron chi connectivity index (χ0n) is 14.3. The Morgan fingerprint density at radius 1 is 0.960 bits per heavy atom. The van der Waals surface area contributed by atoms with E-state index >= 15 is 0 Å². The Labute approximate surface area is 151 Å². The lowest BCUT2D eigenvalue weighted by atomic mass is 10.1. The molecule has 2 rings (SSSR count). The Bertz CT molecular complexity index is 748. The van der Waals surface area contributed by atoms with Gasteiger partial charge in [0.15, 0.2) is 0 Å². The summed E-state index contributed by atoms with van der Waals surface area (Å²) in [6, 6.07) is 11.9. The van der Waals surface area contributed by atoms with Crippen molar-refractivity contribution in [1.82, 2.24) is 10.9 Å². The summed E-state index contributed by atoms with van der Waals surface area (Å²) >= 11 is 1.60. The lowest BCUT2D eigenvalue weighted by Crippen LogP contribution is -2.42. The monoisotopic (exact) mass is 360 g/mol. The smallest absolute Gasteiger partial charge is 0.242 e. The Morgan fingerprint density at radius 2 is 1.64 bits per heavy atom. The summed E-state index contributed by atoms with van der Waals surface area (Å²) in [4.78, 5) is 24.6. The van der Waals surface area contributed by atoms with Crippen molar-refractivity contribution in [2.24, 2.45) is 0 Å². The van der Waals surface area contributed by atoms with Crippen molar-refractivity contribution >= 4 is 23.6 Å². The normalized spacial score (nSPS) is 10.4.